The number of furan rings is 1. The quantitative estimate of drug-likeness (QED) is 0.288. The third-order valence-corrected chi connectivity index (χ3v) is 7.15. The Morgan fingerprint density at radius 1 is 1.00 bits per heavy atom. The van der Waals surface area contributed by atoms with E-state index in [0.29, 0.717) is 35.7 Å². The van der Waals surface area contributed by atoms with Crippen molar-refractivity contribution < 1.29 is 13.9 Å². The van der Waals surface area contributed by atoms with Crippen molar-refractivity contribution in [2.45, 2.75) is 19.4 Å². The number of rotatable bonds is 5. The molecule has 0 aliphatic carbocycles. The van der Waals surface area contributed by atoms with Gasteiger partial charge in [-0.2, -0.15) is 5.26 Å². The van der Waals surface area contributed by atoms with Crippen molar-refractivity contribution in [2.75, 3.05) is 40.4 Å². The van der Waals surface area contributed by atoms with Gasteiger partial charge in [0.1, 0.15) is 11.3 Å². The van der Waals surface area contributed by atoms with Crippen LogP contribution in [-0.2, 0) is 10.3 Å². The average molecular weight is 568 g/mol. The first-order valence-corrected chi connectivity index (χ1v) is 12.4. The molecule has 1 aliphatic rings. The molecule has 5 rings (SSSR count). The van der Waals surface area contributed by atoms with Gasteiger partial charge >= 0.3 is 0 Å². The third-order valence-electron chi connectivity index (χ3n) is 7.15. The van der Waals surface area contributed by atoms with Gasteiger partial charge in [0.15, 0.2) is 5.58 Å². The Morgan fingerprint density at radius 3 is 2.31 bits per heavy atom. The Bertz CT molecular complexity index is 1500. The number of nitrogens with zero attached hydrogens (tertiary/aromatic N) is 4. The first-order chi connectivity index (χ1) is 17.8. The van der Waals surface area contributed by atoms with E-state index in [2.05, 4.69) is 41.9 Å². The van der Waals surface area contributed by atoms with Crippen molar-refractivity contribution >= 4 is 41.8 Å². The maximum Gasteiger partial charge on any atom is 0.253 e. The zero-order valence-corrected chi connectivity index (χ0v) is 24.1. The van der Waals surface area contributed by atoms with Gasteiger partial charge in [-0.15, -0.1) is 24.8 Å². The summed E-state index contributed by atoms with van der Waals surface area (Å²) in [5.41, 5.74) is 6.00. The van der Waals surface area contributed by atoms with E-state index in [0.717, 1.165) is 40.9 Å². The highest BCUT2D eigenvalue weighted by Crippen LogP contribution is 2.37. The maximum absolute atomic E-state index is 12.2. The van der Waals surface area contributed by atoms with Gasteiger partial charge in [-0.3, -0.25) is 14.7 Å². The summed E-state index contributed by atoms with van der Waals surface area (Å²) in [7, 11) is 3.47. The lowest BCUT2D eigenvalue weighted by Crippen LogP contribution is -2.48. The van der Waals surface area contributed by atoms with Crippen molar-refractivity contribution in [2.24, 2.45) is 0 Å². The van der Waals surface area contributed by atoms with Gasteiger partial charge < -0.3 is 14.1 Å². The highest BCUT2D eigenvalue weighted by atomic mass is 35.5. The Balaban J connectivity index is 0.00000210. The molecular formula is C30H32Cl2N4O3. The van der Waals surface area contributed by atoms with Crippen LogP contribution in [0.25, 0.3) is 33.6 Å². The Hall–Kier alpha value is -3.41. The van der Waals surface area contributed by atoms with Gasteiger partial charge in [0.2, 0.25) is 0 Å². The molecule has 39 heavy (non-hydrogen) atoms. The fourth-order valence-electron chi connectivity index (χ4n) is 4.97. The summed E-state index contributed by atoms with van der Waals surface area (Å²) in [5, 5.41) is 10.1. The number of aromatic nitrogens is 1. The minimum atomic E-state index is -0.293. The van der Waals surface area contributed by atoms with E-state index in [9.17, 15) is 10.1 Å². The van der Waals surface area contributed by atoms with Crippen LogP contribution in [0.1, 0.15) is 35.3 Å². The van der Waals surface area contributed by atoms with Crippen molar-refractivity contribution in [1.82, 2.24) is 14.8 Å². The molecule has 1 amide bonds. The standard InChI is InChI=1S/C30H30N4O3.2ClH/c1-30(2,34-13-15-36-16-14-34)25-10-9-22(17-23(25)19-31)24-11-12-32-26-18-27(37-28(24)26)20-5-7-21(8-6-20)29(35)33(3)4;;/h5-12,17-18H,13-16H2,1-4H3;2*1H. The second-order valence-electron chi connectivity index (χ2n) is 9.99. The van der Waals surface area contributed by atoms with Crippen LogP contribution in [0, 0.1) is 11.3 Å². The molecule has 1 fully saturated rings. The molecule has 3 heterocycles. The molecule has 0 radical (unpaired) electrons. The molecule has 0 spiro atoms. The molecule has 7 nitrogen and oxygen atoms in total. The van der Waals surface area contributed by atoms with Gasteiger partial charge in [-0.1, -0.05) is 24.3 Å². The molecule has 4 aromatic rings. The number of hydrogen-bond donors (Lipinski definition) is 0. The van der Waals surface area contributed by atoms with Crippen LogP contribution in [-0.4, -0.2) is 61.1 Å². The first-order valence-electron chi connectivity index (χ1n) is 12.4. The predicted molar refractivity (Wildman–Crippen MR) is 158 cm³/mol. The lowest BCUT2D eigenvalue weighted by atomic mass is 9.86. The van der Waals surface area contributed by atoms with Crippen LogP contribution < -0.4 is 0 Å². The zero-order valence-electron chi connectivity index (χ0n) is 22.4. The topological polar surface area (TPSA) is 82.6 Å². The van der Waals surface area contributed by atoms with Gasteiger partial charge in [0, 0.05) is 61.7 Å². The summed E-state index contributed by atoms with van der Waals surface area (Å²) >= 11 is 0. The number of carbonyl (C=O) groups excluding carboxylic acids is 1. The molecule has 204 valence electrons. The Labute approximate surface area is 241 Å². The first kappa shape index (κ1) is 30.1. The average Bonchev–Trinajstić information content (AvgIpc) is 3.37. The van der Waals surface area contributed by atoms with Crippen LogP contribution in [0.2, 0.25) is 0 Å². The number of amides is 1. The Kier molecular flexibility index (Phi) is 9.42. The summed E-state index contributed by atoms with van der Waals surface area (Å²) in [4.78, 5) is 20.6. The van der Waals surface area contributed by atoms with E-state index in [1.54, 1.807) is 37.3 Å². The fourth-order valence-corrected chi connectivity index (χ4v) is 4.97. The van der Waals surface area contributed by atoms with Crippen molar-refractivity contribution in [3.63, 3.8) is 0 Å². The van der Waals surface area contributed by atoms with Crippen molar-refractivity contribution in [1.29, 1.82) is 5.26 Å². The van der Waals surface area contributed by atoms with E-state index in [1.165, 1.54) is 0 Å². The van der Waals surface area contributed by atoms with E-state index in [-0.39, 0.29) is 36.3 Å². The second-order valence-corrected chi connectivity index (χ2v) is 9.99. The van der Waals surface area contributed by atoms with E-state index >= 15 is 0 Å². The lowest BCUT2D eigenvalue weighted by molar-refractivity contribution is -0.0118. The molecule has 9 heteroatoms. The number of morpholine rings is 1. The summed E-state index contributed by atoms with van der Waals surface area (Å²) in [6.45, 7) is 7.40. The number of hydrogen-bond acceptors (Lipinski definition) is 6. The molecule has 2 aromatic heterocycles. The Morgan fingerprint density at radius 2 is 1.67 bits per heavy atom. The largest absolute Gasteiger partial charge is 0.454 e. The highest BCUT2D eigenvalue weighted by Gasteiger charge is 2.32. The molecule has 1 saturated heterocycles. The normalized spacial score (nSPS) is 13.7. The number of ether oxygens (including phenoxy) is 1. The van der Waals surface area contributed by atoms with Crippen molar-refractivity contribution in [3.05, 3.63) is 77.5 Å². The number of nitriles is 1. The smallest absolute Gasteiger partial charge is 0.253 e. The van der Waals surface area contributed by atoms with Crippen LogP contribution in [0.5, 0.6) is 0 Å². The monoisotopic (exact) mass is 566 g/mol. The number of pyridine rings is 1. The molecule has 0 atom stereocenters. The summed E-state index contributed by atoms with van der Waals surface area (Å²) in [5.74, 6) is 0.623. The fraction of sp³-hybridized carbons (Fsp3) is 0.300. The third kappa shape index (κ3) is 5.80. The van der Waals surface area contributed by atoms with E-state index in [4.69, 9.17) is 9.15 Å². The maximum atomic E-state index is 12.2. The number of benzene rings is 2. The number of carbonyl (C=O) groups is 1. The van der Waals surface area contributed by atoms with Crippen molar-refractivity contribution in [3.8, 4) is 28.5 Å². The van der Waals surface area contributed by atoms with Gasteiger partial charge in [-0.25, -0.2) is 0 Å². The van der Waals surface area contributed by atoms with Gasteiger partial charge in [-0.05, 0) is 49.2 Å². The highest BCUT2D eigenvalue weighted by molar-refractivity contribution is 5.95. The van der Waals surface area contributed by atoms with Crippen LogP contribution in [0.15, 0.2) is 65.2 Å². The van der Waals surface area contributed by atoms with Crippen LogP contribution in [0.4, 0.5) is 0 Å². The molecule has 2 aromatic carbocycles. The minimum Gasteiger partial charge on any atom is -0.454 e. The lowest BCUT2D eigenvalue weighted by Gasteiger charge is -2.41. The molecule has 1 aliphatic heterocycles. The molecule has 0 unspecified atom stereocenters. The van der Waals surface area contributed by atoms with Gasteiger partial charge in [0.25, 0.3) is 5.91 Å². The summed E-state index contributed by atoms with van der Waals surface area (Å²) < 4.78 is 11.8. The zero-order chi connectivity index (χ0) is 26.2. The minimum absolute atomic E-state index is 0. The molecular weight excluding hydrogens is 535 g/mol. The summed E-state index contributed by atoms with van der Waals surface area (Å²) in [6.07, 6.45) is 1.76. The van der Waals surface area contributed by atoms with E-state index in [1.807, 2.05) is 30.3 Å². The number of halogens is 2. The number of fused-ring (bicyclic) bond motifs is 1. The SMILES string of the molecule is CN(C)C(=O)c1ccc(-c2cc3nccc(-c4ccc(C(C)(C)N5CCOCC5)c(C#N)c4)c3o2)cc1.Cl.Cl. The predicted octanol–water partition coefficient (Wildman–Crippen LogP) is 6.15. The molecule has 0 bridgehead atoms. The second kappa shape index (κ2) is 12.2. The van der Waals surface area contributed by atoms with Gasteiger partial charge in [0.05, 0.1) is 24.8 Å². The molecule has 0 saturated carbocycles. The van der Waals surface area contributed by atoms with Crippen LogP contribution >= 0.6 is 24.8 Å². The van der Waals surface area contributed by atoms with E-state index < -0.39 is 0 Å². The van der Waals surface area contributed by atoms with Crippen LogP contribution in [0.3, 0.4) is 0 Å². The summed E-state index contributed by atoms with van der Waals surface area (Å²) in [6, 6.07) is 19.6. The molecule has 0 N–H and O–H groups in total.